The third-order valence-corrected chi connectivity index (χ3v) is 4.68. The average molecular weight is 431 g/mol. The number of methoxy groups -OCH3 is 1. The molecule has 0 atom stereocenters. The molecule has 1 N–H and O–H groups in total. The maximum Gasteiger partial charge on any atom is 0.261 e. The van der Waals surface area contributed by atoms with Crippen LogP contribution in [0.5, 0.6) is 5.75 Å². The summed E-state index contributed by atoms with van der Waals surface area (Å²) in [4.78, 5) is 12.5. The first-order valence-corrected chi connectivity index (χ1v) is 10.4. The number of hydrogen-bond acceptors (Lipinski definition) is 5. The van der Waals surface area contributed by atoms with Crippen LogP contribution in [0.1, 0.15) is 18.9 Å². The predicted octanol–water partition coefficient (Wildman–Crippen LogP) is 4.00. The number of para-hydroxylation sites is 1. The van der Waals surface area contributed by atoms with Crippen molar-refractivity contribution in [3.63, 3.8) is 0 Å². The topological polar surface area (TPSA) is 89.2 Å². The lowest BCUT2D eigenvalue weighted by Gasteiger charge is -2.05. The summed E-state index contributed by atoms with van der Waals surface area (Å²) < 4.78 is 12.3. The molecular formula is C25H26N4O3. The van der Waals surface area contributed by atoms with Gasteiger partial charge in [0.2, 0.25) is 0 Å². The normalized spacial score (nSPS) is 11.1. The Labute approximate surface area is 187 Å². The molecule has 0 bridgehead atoms. The minimum atomic E-state index is -0.422. The minimum Gasteiger partial charge on any atom is -0.494 e. The number of benzene rings is 2. The molecule has 7 heteroatoms. The van der Waals surface area contributed by atoms with Gasteiger partial charge in [-0.15, -0.1) is 0 Å². The van der Waals surface area contributed by atoms with Crippen LogP contribution in [0.3, 0.4) is 0 Å². The van der Waals surface area contributed by atoms with Gasteiger partial charge >= 0.3 is 0 Å². The summed E-state index contributed by atoms with van der Waals surface area (Å²) in [7, 11) is 1.61. The monoisotopic (exact) mass is 430 g/mol. The molecule has 0 aliphatic rings. The van der Waals surface area contributed by atoms with Crippen LogP contribution in [0, 0.1) is 11.3 Å². The summed E-state index contributed by atoms with van der Waals surface area (Å²) in [6, 6.07) is 19.3. The fourth-order valence-corrected chi connectivity index (χ4v) is 3.12. The number of amides is 1. The van der Waals surface area contributed by atoms with Crippen molar-refractivity contribution in [3.8, 4) is 28.8 Å². The molecule has 0 aliphatic carbocycles. The van der Waals surface area contributed by atoms with Crippen LogP contribution in [0.15, 0.2) is 66.4 Å². The molecule has 3 rings (SSSR count). The molecule has 0 unspecified atom stereocenters. The molecule has 0 spiro atoms. The van der Waals surface area contributed by atoms with Crippen molar-refractivity contribution in [1.82, 2.24) is 15.1 Å². The molecule has 32 heavy (non-hydrogen) atoms. The fourth-order valence-electron chi connectivity index (χ4n) is 3.12. The van der Waals surface area contributed by atoms with Crippen LogP contribution in [-0.2, 0) is 9.53 Å². The highest BCUT2D eigenvalue weighted by Gasteiger charge is 2.15. The summed E-state index contributed by atoms with van der Waals surface area (Å²) in [6.07, 6.45) is 4.06. The first-order valence-electron chi connectivity index (χ1n) is 10.4. The highest BCUT2D eigenvalue weighted by Crippen LogP contribution is 2.27. The Balaban J connectivity index is 1.97. The second kappa shape index (κ2) is 11.5. The van der Waals surface area contributed by atoms with E-state index in [2.05, 4.69) is 5.32 Å². The minimum absolute atomic E-state index is 0.0159. The molecular weight excluding hydrogens is 404 g/mol. The third kappa shape index (κ3) is 5.84. The van der Waals surface area contributed by atoms with E-state index in [9.17, 15) is 10.1 Å². The van der Waals surface area contributed by atoms with Crippen molar-refractivity contribution in [2.75, 3.05) is 26.9 Å². The molecule has 3 aromatic rings. The SMILES string of the molecule is CCOc1ccc(-c2nn(-c3ccccc3)cc2C=C(C#N)C(=O)NCCCOC)cc1. The lowest BCUT2D eigenvalue weighted by atomic mass is 10.1. The molecule has 0 saturated carbocycles. The van der Waals surface area contributed by atoms with Gasteiger partial charge in [0, 0.05) is 37.6 Å². The van der Waals surface area contributed by atoms with Gasteiger partial charge in [-0.1, -0.05) is 18.2 Å². The van der Waals surface area contributed by atoms with Gasteiger partial charge < -0.3 is 14.8 Å². The van der Waals surface area contributed by atoms with Gasteiger partial charge in [-0.05, 0) is 55.8 Å². The lowest BCUT2D eigenvalue weighted by molar-refractivity contribution is -0.117. The fraction of sp³-hybridized carbons (Fsp3) is 0.240. The number of nitrogens with one attached hydrogen (secondary N) is 1. The van der Waals surface area contributed by atoms with Crippen LogP contribution >= 0.6 is 0 Å². The predicted molar refractivity (Wildman–Crippen MR) is 123 cm³/mol. The standard InChI is InChI=1S/C25H26N4O3/c1-3-32-23-12-10-19(11-13-23)24-21(18-29(28-24)22-8-5-4-6-9-22)16-20(17-26)25(30)27-14-7-15-31-2/h4-6,8-13,16,18H,3,7,14-15H2,1-2H3,(H,27,30). The van der Waals surface area contributed by atoms with Gasteiger partial charge in [0.05, 0.1) is 18.0 Å². The van der Waals surface area contributed by atoms with Crippen LogP contribution in [0.4, 0.5) is 0 Å². The average Bonchev–Trinajstić information content (AvgIpc) is 3.25. The van der Waals surface area contributed by atoms with Crippen molar-refractivity contribution < 1.29 is 14.3 Å². The van der Waals surface area contributed by atoms with E-state index in [1.807, 2.05) is 73.8 Å². The summed E-state index contributed by atoms with van der Waals surface area (Å²) in [6.45, 7) is 3.49. The van der Waals surface area contributed by atoms with Gasteiger partial charge in [-0.3, -0.25) is 4.79 Å². The van der Waals surface area contributed by atoms with E-state index in [4.69, 9.17) is 14.6 Å². The molecule has 0 saturated heterocycles. The first kappa shape index (κ1) is 22.8. The van der Waals surface area contributed by atoms with Crippen molar-refractivity contribution in [2.45, 2.75) is 13.3 Å². The smallest absolute Gasteiger partial charge is 0.261 e. The van der Waals surface area contributed by atoms with Gasteiger partial charge in [0.25, 0.3) is 5.91 Å². The highest BCUT2D eigenvalue weighted by atomic mass is 16.5. The van der Waals surface area contributed by atoms with E-state index in [-0.39, 0.29) is 5.57 Å². The Hall–Kier alpha value is -3.89. The first-order chi connectivity index (χ1) is 15.7. The Kier molecular flexibility index (Phi) is 8.18. The third-order valence-electron chi connectivity index (χ3n) is 4.68. The van der Waals surface area contributed by atoms with E-state index < -0.39 is 5.91 Å². The lowest BCUT2D eigenvalue weighted by Crippen LogP contribution is -2.26. The number of carbonyl (C=O) groups is 1. The number of hydrogen-bond donors (Lipinski definition) is 1. The Morgan fingerprint density at radius 1 is 1.19 bits per heavy atom. The largest absolute Gasteiger partial charge is 0.494 e. The number of rotatable bonds is 10. The molecule has 164 valence electrons. The molecule has 0 radical (unpaired) electrons. The van der Waals surface area contributed by atoms with E-state index in [1.54, 1.807) is 17.9 Å². The summed E-state index contributed by atoms with van der Waals surface area (Å²) in [5.74, 6) is 0.345. The number of carbonyl (C=O) groups excluding carboxylic acids is 1. The molecule has 1 aromatic heterocycles. The van der Waals surface area contributed by atoms with E-state index in [0.717, 1.165) is 17.0 Å². The Morgan fingerprint density at radius 2 is 1.94 bits per heavy atom. The zero-order chi connectivity index (χ0) is 22.8. The Morgan fingerprint density at radius 3 is 2.59 bits per heavy atom. The van der Waals surface area contributed by atoms with Crippen LogP contribution in [-0.4, -0.2) is 42.6 Å². The molecule has 0 aliphatic heterocycles. The van der Waals surface area contributed by atoms with Crippen LogP contribution in [0.25, 0.3) is 23.0 Å². The van der Waals surface area contributed by atoms with E-state index in [0.29, 0.717) is 37.4 Å². The van der Waals surface area contributed by atoms with Crippen molar-refractivity contribution in [3.05, 3.63) is 71.9 Å². The molecule has 1 amide bonds. The second-order valence-electron chi connectivity index (χ2n) is 6.94. The van der Waals surface area contributed by atoms with Crippen LogP contribution in [0.2, 0.25) is 0 Å². The highest BCUT2D eigenvalue weighted by molar-refractivity contribution is 6.02. The number of nitrogens with zero attached hydrogens (tertiary/aromatic N) is 3. The number of aromatic nitrogens is 2. The molecule has 1 heterocycles. The summed E-state index contributed by atoms with van der Waals surface area (Å²) in [5, 5.41) is 17.1. The zero-order valence-corrected chi connectivity index (χ0v) is 18.2. The molecule has 0 fully saturated rings. The summed E-state index contributed by atoms with van der Waals surface area (Å²) >= 11 is 0. The maximum absolute atomic E-state index is 12.5. The summed E-state index contributed by atoms with van der Waals surface area (Å²) in [5.41, 5.74) is 3.08. The van der Waals surface area contributed by atoms with Crippen molar-refractivity contribution in [2.24, 2.45) is 0 Å². The zero-order valence-electron chi connectivity index (χ0n) is 18.2. The van der Waals surface area contributed by atoms with Crippen molar-refractivity contribution in [1.29, 1.82) is 5.26 Å². The maximum atomic E-state index is 12.5. The van der Waals surface area contributed by atoms with E-state index >= 15 is 0 Å². The Bertz CT molecular complexity index is 1100. The molecule has 2 aromatic carbocycles. The van der Waals surface area contributed by atoms with Gasteiger partial charge in [-0.25, -0.2) is 4.68 Å². The van der Waals surface area contributed by atoms with Gasteiger partial charge in [-0.2, -0.15) is 10.4 Å². The quantitative estimate of drug-likeness (QED) is 0.298. The number of nitriles is 1. The number of ether oxygens (including phenoxy) is 2. The van der Waals surface area contributed by atoms with Gasteiger partial charge in [0.1, 0.15) is 17.4 Å². The van der Waals surface area contributed by atoms with Crippen LogP contribution < -0.4 is 10.1 Å². The molecule has 7 nitrogen and oxygen atoms in total. The van der Waals surface area contributed by atoms with E-state index in [1.165, 1.54) is 0 Å². The van der Waals surface area contributed by atoms with Crippen molar-refractivity contribution >= 4 is 12.0 Å². The van der Waals surface area contributed by atoms with Gasteiger partial charge in [0.15, 0.2) is 0 Å². The second-order valence-corrected chi connectivity index (χ2v) is 6.94.